The Morgan fingerprint density at radius 1 is 1.05 bits per heavy atom. The molecule has 0 spiro atoms. The third-order valence-corrected chi connectivity index (χ3v) is 4.56. The highest BCUT2D eigenvalue weighted by atomic mass is 32.2. The van der Waals surface area contributed by atoms with Gasteiger partial charge in [0.05, 0.1) is 12.0 Å². The molecule has 3 rings (SSSR count). The van der Waals surface area contributed by atoms with E-state index in [9.17, 15) is 0 Å². The summed E-state index contributed by atoms with van der Waals surface area (Å²) in [4.78, 5) is 2.18. The van der Waals surface area contributed by atoms with Crippen molar-refractivity contribution >= 4 is 28.4 Å². The number of rotatable bonds is 4. The fourth-order valence-electron chi connectivity index (χ4n) is 2.31. The number of nitrogen functional groups attached to an aromatic ring is 1. The van der Waals surface area contributed by atoms with Crippen LogP contribution >= 0.6 is 11.8 Å². The van der Waals surface area contributed by atoms with E-state index in [1.54, 1.807) is 18.9 Å². The van der Waals surface area contributed by atoms with Crippen LogP contribution in [-0.4, -0.2) is 12.9 Å². The monoisotopic (exact) mass is 308 g/mol. The van der Waals surface area contributed by atoms with Crippen LogP contribution in [0.1, 0.15) is 5.56 Å². The Bertz CT molecular complexity index is 831. The van der Waals surface area contributed by atoms with Crippen molar-refractivity contribution in [2.24, 2.45) is 5.73 Å². The van der Waals surface area contributed by atoms with Crippen molar-refractivity contribution in [1.82, 2.24) is 0 Å². The third kappa shape index (κ3) is 2.78. The summed E-state index contributed by atoms with van der Waals surface area (Å²) < 4.78 is 5.52. The lowest BCUT2D eigenvalue weighted by atomic mass is 10.1. The maximum Gasteiger partial charge on any atom is 0.133 e. The van der Waals surface area contributed by atoms with Crippen molar-refractivity contribution in [3.8, 4) is 5.75 Å². The lowest BCUT2D eigenvalue weighted by Crippen LogP contribution is -2.10. The fraction of sp³-hybridized carbons (Fsp3) is 0.0556. The molecule has 22 heavy (non-hydrogen) atoms. The fourth-order valence-corrected chi connectivity index (χ4v) is 3.38. The van der Waals surface area contributed by atoms with E-state index in [-0.39, 0.29) is 5.84 Å². The molecule has 0 aliphatic carbocycles. The standard InChI is InChI=1S/C18H16N2OS/c1-21-16-10-9-12-7-8-13(18(19)20)11-15(12)17(16)22-14-5-3-2-4-6-14/h2-11H,1H3,(H3,19,20). The molecule has 3 nitrogen and oxygen atoms in total. The number of methoxy groups -OCH3 is 1. The SMILES string of the molecule is COc1ccc2ccc(C(=N)N)cc2c1Sc1ccccc1. The molecule has 0 aromatic heterocycles. The van der Waals surface area contributed by atoms with Crippen molar-refractivity contribution < 1.29 is 4.74 Å². The van der Waals surface area contributed by atoms with Crippen LogP contribution in [0, 0.1) is 5.41 Å². The Labute approximate surface area is 133 Å². The molecule has 0 atom stereocenters. The van der Waals surface area contributed by atoms with E-state index in [4.69, 9.17) is 15.9 Å². The maximum atomic E-state index is 7.64. The Balaban J connectivity index is 2.19. The number of amidine groups is 1. The van der Waals surface area contributed by atoms with E-state index in [0.717, 1.165) is 31.9 Å². The minimum Gasteiger partial charge on any atom is -0.496 e. The lowest BCUT2D eigenvalue weighted by molar-refractivity contribution is 0.406. The van der Waals surface area contributed by atoms with Crippen LogP contribution in [0.5, 0.6) is 5.75 Å². The quantitative estimate of drug-likeness (QED) is 0.558. The summed E-state index contributed by atoms with van der Waals surface area (Å²) in [5.41, 5.74) is 6.34. The molecule has 0 amide bonds. The average molecular weight is 308 g/mol. The highest BCUT2D eigenvalue weighted by molar-refractivity contribution is 7.99. The molecule has 3 N–H and O–H groups in total. The number of ether oxygens (including phenoxy) is 1. The molecule has 0 unspecified atom stereocenters. The highest BCUT2D eigenvalue weighted by Gasteiger charge is 2.11. The molecule has 3 aromatic rings. The van der Waals surface area contributed by atoms with Gasteiger partial charge in [-0.2, -0.15) is 0 Å². The first-order valence-corrected chi connectivity index (χ1v) is 7.69. The molecule has 0 saturated heterocycles. The van der Waals surface area contributed by atoms with Crippen LogP contribution in [0.25, 0.3) is 10.8 Å². The summed E-state index contributed by atoms with van der Waals surface area (Å²) in [5.74, 6) is 0.891. The predicted molar refractivity (Wildman–Crippen MR) is 92.1 cm³/mol. The summed E-state index contributed by atoms with van der Waals surface area (Å²) in [5, 5.41) is 9.78. The minimum absolute atomic E-state index is 0.0698. The van der Waals surface area contributed by atoms with Gasteiger partial charge in [0.25, 0.3) is 0 Å². The third-order valence-electron chi connectivity index (χ3n) is 3.43. The molecular formula is C18H16N2OS. The summed E-state index contributed by atoms with van der Waals surface area (Å²) >= 11 is 1.65. The molecule has 110 valence electrons. The summed E-state index contributed by atoms with van der Waals surface area (Å²) in [7, 11) is 1.67. The second-order valence-electron chi connectivity index (χ2n) is 4.86. The van der Waals surface area contributed by atoms with Crippen LogP contribution in [0.3, 0.4) is 0 Å². The van der Waals surface area contributed by atoms with Crippen molar-refractivity contribution in [2.45, 2.75) is 9.79 Å². The number of nitrogens with one attached hydrogen (secondary N) is 1. The predicted octanol–water partition coefficient (Wildman–Crippen LogP) is 4.28. The number of hydrogen-bond acceptors (Lipinski definition) is 3. The molecule has 3 aromatic carbocycles. The van der Waals surface area contributed by atoms with E-state index in [1.807, 2.05) is 48.5 Å². The van der Waals surface area contributed by atoms with Gasteiger partial charge in [0, 0.05) is 15.8 Å². The van der Waals surface area contributed by atoms with Crippen molar-refractivity contribution in [2.75, 3.05) is 7.11 Å². The van der Waals surface area contributed by atoms with Gasteiger partial charge in [0.1, 0.15) is 11.6 Å². The van der Waals surface area contributed by atoms with Crippen LogP contribution in [-0.2, 0) is 0 Å². The van der Waals surface area contributed by atoms with Crippen LogP contribution in [0.2, 0.25) is 0 Å². The smallest absolute Gasteiger partial charge is 0.133 e. The van der Waals surface area contributed by atoms with Gasteiger partial charge in [-0.1, -0.05) is 48.2 Å². The Morgan fingerprint density at radius 3 is 2.45 bits per heavy atom. The molecule has 0 bridgehead atoms. The van der Waals surface area contributed by atoms with E-state index in [2.05, 4.69) is 12.1 Å². The zero-order valence-corrected chi connectivity index (χ0v) is 13.0. The Hall–Kier alpha value is -2.46. The van der Waals surface area contributed by atoms with Gasteiger partial charge in [-0.3, -0.25) is 5.41 Å². The van der Waals surface area contributed by atoms with Gasteiger partial charge in [-0.15, -0.1) is 0 Å². The molecule has 0 aliphatic rings. The average Bonchev–Trinajstić information content (AvgIpc) is 2.55. The van der Waals surface area contributed by atoms with Gasteiger partial charge in [-0.25, -0.2) is 0 Å². The Morgan fingerprint density at radius 2 is 1.77 bits per heavy atom. The van der Waals surface area contributed by atoms with E-state index >= 15 is 0 Å². The zero-order chi connectivity index (χ0) is 15.5. The van der Waals surface area contributed by atoms with Gasteiger partial charge in [0.2, 0.25) is 0 Å². The van der Waals surface area contributed by atoms with Gasteiger partial charge in [0.15, 0.2) is 0 Å². The summed E-state index contributed by atoms with van der Waals surface area (Å²) in [6.07, 6.45) is 0. The van der Waals surface area contributed by atoms with Gasteiger partial charge in [-0.05, 0) is 29.7 Å². The highest BCUT2D eigenvalue weighted by Crippen LogP contribution is 2.40. The number of hydrogen-bond donors (Lipinski definition) is 2. The molecular weight excluding hydrogens is 292 g/mol. The first-order chi connectivity index (χ1) is 10.7. The topological polar surface area (TPSA) is 59.1 Å². The number of nitrogens with two attached hydrogens (primary N) is 1. The zero-order valence-electron chi connectivity index (χ0n) is 12.2. The number of benzene rings is 3. The van der Waals surface area contributed by atoms with Crippen LogP contribution in [0.15, 0.2) is 70.5 Å². The molecule has 0 heterocycles. The van der Waals surface area contributed by atoms with Gasteiger partial charge >= 0.3 is 0 Å². The maximum absolute atomic E-state index is 7.64. The summed E-state index contributed by atoms with van der Waals surface area (Å²) in [6.45, 7) is 0. The van der Waals surface area contributed by atoms with E-state index in [1.165, 1.54) is 0 Å². The first kappa shape index (κ1) is 14.5. The normalized spacial score (nSPS) is 10.6. The second-order valence-corrected chi connectivity index (χ2v) is 5.95. The molecule has 0 fully saturated rings. The number of fused-ring (bicyclic) bond motifs is 1. The van der Waals surface area contributed by atoms with E-state index < -0.39 is 0 Å². The minimum atomic E-state index is 0.0698. The van der Waals surface area contributed by atoms with Crippen LogP contribution in [0.4, 0.5) is 0 Å². The van der Waals surface area contributed by atoms with Crippen molar-refractivity contribution in [3.05, 3.63) is 66.2 Å². The lowest BCUT2D eigenvalue weighted by Gasteiger charge is -2.12. The van der Waals surface area contributed by atoms with Gasteiger partial charge < -0.3 is 10.5 Å². The molecule has 0 saturated carbocycles. The Kier molecular flexibility index (Phi) is 4.02. The molecule has 0 radical (unpaired) electrons. The first-order valence-electron chi connectivity index (χ1n) is 6.87. The van der Waals surface area contributed by atoms with Crippen molar-refractivity contribution in [3.63, 3.8) is 0 Å². The molecule has 0 aliphatic heterocycles. The largest absolute Gasteiger partial charge is 0.496 e. The molecule has 4 heteroatoms. The van der Waals surface area contributed by atoms with E-state index in [0.29, 0.717) is 0 Å². The second kappa shape index (κ2) is 6.12. The summed E-state index contributed by atoms with van der Waals surface area (Å²) in [6, 6.07) is 20.0. The van der Waals surface area contributed by atoms with Crippen LogP contribution < -0.4 is 10.5 Å². The van der Waals surface area contributed by atoms with Crippen molar-refractivity contribution in [1.29, 1.82) is 5.41 Å².